The molecule has 1 unspecified atom stereocenters. The molecule has 1 aromatic carbocycles. The van der Waals surface area contributed by atoms with Gasteiger partial charge in [-0.15, -0.1) is 5.10 Å². The summed E-state index contributed by atoms with van der Waals surface area (Å²) >= 11 is 5.91. The minimum absolute atomic E-state index is 0.0186. The van der Waals surface area contributed by atoms with Gasteiger partial charge >= 0.3 is 0 Å². The van der Waals surface area contributed by atoms with Crippen LogP contribution in [0.2, 0.25) is 5.02 Å². The first-order valence-electron chi connectivity index (χ1n) is 6.14. The van der Waals surface area contributed by atoms with Crippen LogP contribution in [-0.2, 0) is 0 Å². The Morgan fingerprint density at radius 3 is 3.05 bits per heavy atom. The largest absolute Gasteiger partial charge is 0.336 e. The van der Waals surface area contributed by atoms with E-state index in [1.165, 1.54) is 0 Å². The molecule has 0 saturated carbocycles. The number of carbonyl (C=O) groups is 1. The molecule has 1 aliphatic rings. The van der Waals surface area contributed by atoms with Crippen LogP contribution in [0.5, 0.6) is 0 Å². The molecule has 0 aliphatic carbocycles. The SMILES string of the molecule is O=C(c1cccc(Cl)c1)N1CCC(n2ccnn2)C1. The van der Waals surface area contributed by atoms with Crippen molar-refractivity contribution in [3.8, 4) is 0 Å². The number of rotatable bonds is 2. The molecule has 1 aromatic heterocycles. The highest BCUT2D eigenvalue weighted by molar-refractivity contribution is 6.30. The van der Waals surface area contributed by atoms with Gasteiger partial charge in [-0.25, -0.2) is 4.68 Å². The van der Waals surface area contributed by atoms with Crippen LogP contribution in [0.15, 0.2) is 36.7 Å². The molecule has 19 heavy (non-hydrogen) atoms. The zero-order valence-electron chi connectivity index (χ0n) is 10.2. The molecule has 1 atom stereocenters. The van der Waals surface area contributed by atoms with Crippen LogP contribution in [0.3, 0.4) is 0 Å². The van der Waals surface area contributed by atoms with Crippen molar-refractivity contribution in [3.05, 3.63) is 47.2 Å². The second-order valence-corrected chi connectivity index (χ2v) is 5.02. The Morgan fingerprint density at radius 1 is 1.42 bits per heavy atom. The average Bonchev–Trinajstić information content (AvgIpc) is 3.08. The van der Waals surface area contributed by atoms with Gasteiger partial charge in [0.15, 0.2) is 0 Å². The molecule has 0 spiro atoms. The van der Waals surface area contributed by atoms with Gasteiger partial charge in [-0.3, -0.25) is 4.79 Å². The average molecular weight is 277 g/mol. The molecule has 1 amide bonds. The van der Waals surface area contributed by atoms with Crippen molar-refractivity contribution in [2.45, 2.75) is 12.5 Å². The fourth-order valence-electron chi connectivity index (χ4n) is 2.36. The van der Waals surface area contributed by atoms with Crippen LogP contribution < -0.4 is 0 Å². The van der Waals surface area contributed by atoms with Gasteiger partial charge in [0.2, 0.25) is 0 Å². The number of benzene rings is 1. The van der Waals surface area contributed by atoms with Gasteiger partial charge in [-0.2, -0.15) is 0 Å². The molecular weight excluding hydrogens is 264 g/mol. The third-order valence-electron chi connectivity index (χ3n) is 3.34. The number of carbonyl (C=O) groups excluding carboxylic acids is 1. The summed E-state index contributed by atoms with van der Waals surface area (Å²) in [5.74, 6) is 0.0186. The molecular formula is C13H13ClN4O. The molecule has 5 nitrogen and oxygen atoms in total. The summed E-state index contributed by atoms with van der Waals surface area (Å²) in [5, 5.41) is 8.37. The van der Waals surface area contributed by atoms with Crippen LogP contribution in [0.4, 0.5) is 0 Å². The summed E-state index contributed by atoms with van der Waals surface area (Å²) < 4.78 is 1.81. The van der Waals surface area contributed by atoms with Crippen LogP contribution >= 0.6 is 11.6 Å². The Bertz CT molecular complexity index is 584. The number of amides is 1. The number of hydrogen-bond donors (Lipinski definition) is 0. The van der Waals surface area contributed by atoms with E-state index in [-0.39, 0.29) is 11.9 Å². The quantitative estimate of drug-likeness (QED) is 0.843. The zero-order chi connectivity index (χ0) is 13.2. The molecule has 0 bridgehead atoms. The third kappa shape index (κ3) is 2.46. The molecule has 2 heterocycles. The van der Waals surface area contributed by atoms with Gasteiger partial charge in [0.25, 0.3) is 5.91 Å². The topological polar surface area (TPSA) is 51.0 Å². The number of aromatic nitrogens is 3. The lowest BCUT2D eigenvalue weighted by Crippen LogP contribution is -2.29. The van der Waals surface area contributed by atoms with E-state index >= 15 is 0 Å². The summed E-state index contributed by atoms with van der Waals surface area (Å²) in [6.07, 6.45) is 4.38. The summed E-state index contributed by atoms with van der Waals surface area (Å²) in [6, 6.07) is 7.26. The Morgan fingerprint density at radius 2 is 2.32 bits per heavy atom. The number of nitrogens with zero attached hydrogens (tertiary/aromatic N) is 4. The van der Waals surface area contributed by atoms with Crippen molar-refractivity contribution in [2.75, 3.05) is 13.1 Å². The van der Waals surface area contributed by atoms with E-state index in [2.05, 4.69) is 10.3 Å². The minimum Gasteiger partial charge on any atom is -0.336 e. The Labute approximate surface area is 115 Å². The van der Waals surface area contributed by atoms with Gasteiger partial charge in [-0.05, 0) is 24.6 Å². The van der Waals surface area contributed by atoms with Crippen LogP contribution in [-0.4, -0.2) is 38.9 Å². The van der Waals surface area contributed by atoms with Gasteiger partial charge < -0.3 is 4.90 Å². The first-order chi connectivity index (χ1) is 9.24. The van der Waals surface area contributed by atoms with Crippen molar-refractivity contribution in [1.29, 1.82) is 0 Å². The van der Waals surface area contributed by atoms with Crippen LogP contribution in [0.25, 0.3) is 0 Å². The van der Waals surface area contributed by atoms with E-state index in [4.69, 9.17) is 11.6 Å². The van der Waals surface area contributed by atoms with Crippen LogP contribution in [0, 0.1) is 0 Å². The highest BCUT2D eigenvalue weighted by Crippen LogP contribution is 2.22. The molecule has 1 saturated heterocycles. The number of halogens is 1. The molecule has 0 N–H and O–H groups in total. The van der Waals surface area contributed by atoms with Gasteiger partial charge in [0.05, 0.1) is 12.2 Å². The van der Waals surface area contributed by atoms with E-state index in [1.807, 2.05) is 15.8 Å². The molecule has 98 valence electrons. The number of likely N-dealkylation sites (tertiary alicyclic amines) is 1. The standard InChI is InChI=1S/C13H13ClN4O/c14-11-3-1-2-10(8-11)13(19)17-6-4-12(9-17)18-7-5-15-16-18/h1-3,5,7-8,12H,4,6,9H2. The molecule has 1 fully saturated rings. The van der Waals surface area contributed by atoms with Crippen molar-refractivity contribution >= 4 is 17.5 Å². The number of hydrogen-bond acceptors (Lipinski definition) is 3. The maximum Gasteiger partial charge on any atom is 0.253 e. The molecule has 0 radical (unpaired) electrons. The summed E-state index contributed by atoms with van der Waals surface area (Å²) in [5.41, 5.74) is 0.631. The van der Waals surface area contributed by atoms with Crippen LogP contribution in [0.1, 0.15) is 22.8 Å². The van der Waals surface area contributed by atoms with E-state index in [0.717, 1.165) is 13.0 Å². The van der Waals surface area contributed by atoms with E-state index < -0.39 is 0 Å². The lowest BCUT2D eigenvalue weighted by Gasteiger charge is -2.16. The first-order valence-corrected chi connectivity index (χ1v) is 6.52. The van der Waals surface area contributed by atoms with Gasteiger partial charge in [0, 0.05) is 29.9 Å². The van der Waals surface area contributed by atoms with E-state index in [0.29, 0.717) is 17.1 Å². The van der Waals surface area contributed by atoms with Crippen molar-refractivity contribution in [1.82, 2.24) is 19.9 Å². The summed E-state index contributed by atoms with van der Waals surface area (Å²) in [4.78, 5) is 14.2. The van der Waals surface area contributed by atoms with E-state index in [1.54, 1.807) is 30.5 Å². The summed E-state index contributed by atoms with van der Waals surface area (Å²) in [7, 11) is 0. The smallest absolute Gasteiger partial charge is 0.253 e. The fourth-order valence-corrected chi connectivity index (χ4v) is 2.55. The van der Waals surface area contributed by atoms with Crippen molar-refractivity contribution in [2.24, 2.45) is 0 Å². The predicted molar refractivity (Wildman–Crippen MR) is 71.0 cm³/mol. The fraction of sp³-hybridized carbons (Fsp3) is 0.308. The van der Waals surface area contributed by atoms with E-state index in [9.17, 15) is 4.79 Å². The second kappa shape index (κ2) is 5.01. The normalized spacial score (nSPS) is 18.8. The predicted octanol–water partition coefficient (Wildman–Crippen LogP) is 2.02. The Balaban J connectivity index is 1.73. The van der Waals surface area contributed by atoms with Crippen molar-refractivity contribution < 1.29 is 4.79 Å². The van der Waals surface area contributed by atoms with Gasteiger partial charge in [0.1, 0.15) is 0 Å². The first kappa shape index (κ1) is 12.2. The lowest BCUT2D eigenvalue weighted by molar-refractivity contribution is 0.0787. The third-order valence-corrected chi connectivity index (χ3v) is 3.57. The lowest BCUT2D eigenvalue weighted by atomic mass is 10.2. The molecule has 2 aromatic rings. The van der Waals surface area contributed by atoms with Crippen molar-refractivity contribution in [3.63, 3.8) is 0 Å². The summed E-state index contributed by atoms with van der Waals surface area (Å²) in [6.45, 7) is 1.39. The highest BCUT2D eigenvalue weighted by atomic mass is 35.5. The maximum atomic E-state index is 12.3. The minimum atomic E-state index is 0.0186. The molecule has 1 aliphatic heterocycles. The van der Waals surface area contributed by atoms with Gasteiger partial charge in [-0.1, -0.05) is 22.9 Å². The highest BCUT2D eigenvalue weighted by Gasteiger charge is 2.28. The Kier molecular flexibility index (Phi) is 3.21. The monoisotopic (exact) mass is 276 g/mol. The zero-order valence-corrected chi connectivity index (χ0v) is 11.0. The molecule has 3 rings (SSSR count). The maximum absolute atomic E-state index is 12.3. The molecule has 6 heteroatoms. The second-order valence-electron chi connectivity index (χ2n) is 4.59. The Hall–Kier alpha value is -1.88.